The summed E-state index contributed by atoms with van der Waals surface area (Å²) in [5.74, 6) is -0.984. The maximum atomic E-state index is 12.9. The molecule has 154 valence electrons. The van der Waals surface area contributed by atoms with Gasteiger partial charge in [-0.15, -0.1) is 0 Å². The molecule has 29 heavy (non-hydrogen) atoms. The van der Waals surface area contributed by atoms with Crippen molar-refractivity contribution >= 4 is 23.2 Å². The summed E-state index contributed by atoms with van der Waals surface area (Å²) >= 11 is 0. The van der Waals surface area contributed by atoms with Crippen LogP contribution >= 0.6 is 0 Å². The van der Waals surface area contributed by atoms with Crippen LogP contribution in [0.3, 0.4) is 0 Å². The maximum Gasteiger partial charge on any atom is 0.343 e. The molecule has 0 unspecified atom stereocenters. The Kier molecular flexibility index (Phi) is 5.30. The molecule has 0 saturated heterocycles. The summed E-state index contributed by atoms with van der Waals surface area (Å²) in [6.45, 7) is -0.276. The minimum atomic E-state index is -0.977. The van der Waals surface area contributed by atoms with Crippen LogP contribution in [-0.2, 0) is 20.7 Å². The molecule has 2 aromatic heterocycles. The largest absolute Gasteiger partial charge is 0.480 e. The molecule has 2 aromatic rings. The van der Waals surface area contributed by atoms with Crippen LogP contribution in [0.4, 0.5) is 0 Å². The number of ether oxygens (including phenoxy) is 2. The highest BCUT2D eigenvalue weighted by molar-refractivity contribution is 6.44. The summed E-state index contributed by atoms with van der Waals surface area (Å²) < 4.78 is 12.3. The van der Waals surface area contributed by atoms with Crippen LogP contribution in [0.5, 0.6) is 5.75 Å². The third kappa shape index (κ3) is 3.73. The molecule has 7 nitrogen and oxygen atoms in total. The summed E-state index contributed by atoms with van der Waals surface area (Å²) in [6.07, 6.45) is 9.55. The molecular weight excluding hydrogens is 372 g/mol. The van der Waals surface area contributed by atoms with Crippen molar-refractivity contribution in [3.05, 3.63) is 35.2 Å². The number of carbonyl (C=O) groups is 3. The summed E-state index contributed by atoms with van der Waals surface area (Å²) in [4.78, 5) is 36.3. The number of Topliss-reactive ketones (excluding diaryl/α,β-unsaturated/α-hetero) is 1. The third-order valence-corrected chi connectivity index (χ3v) is 6.03. The molecule has 1 amide bonds. The van der Waals surface area contributed by atoms with Crippen LogP contribution in [0.2, 0.25) is 0 Å². The molecule has 0 aromatic carbocycles. The lowest BCUT2D eigenvalue weighted by molar-refractivity contribution is -0.142. The lowest BCUT2D eigenvalue weighted by Crippen LogP contribution is -2.24. The number of esters is 1. The topological polar surface area (TPSA) is 100 Å². The van der Waals surface area contributed by atoms with Gasteiger partial charge >= 0.3 is 5.97 Å². The molecular formula is C22H26N2O5. The second-order valence-corrected chi connectivity index (χ2v) is 8.01. The van der Waals surface area contributed by atoms with Crippen molar-refractivity contribution in [2.75, 3.05) is 13.7 Å². The Morgan fingerprint density at radius 3 is 2.52 bits per heavy atom. The first kappa shape index (κ1) is 19.5. The Labute approximate surface area is 169 Å². The fourth-order valence-electron chi connectivity index (χ4n) is 4.53. The average Bonchev–Trinajstić information content (AvgIpc) is 3.32. The number of pyridine rings is 1. The van der Waals surface area contributed by atoms with Gasteiger partial charge in [-0.3, -0.25) is 9.59 Å². The Hall–Kier alpha value is -2.83. The normalized spacial score (nSPS) is 16.9. The number of ketones is 1. The molecule has 0 aliphatic heterocycles. The van der Waals surface area contributed by atoms with Gasteiger partial charge in [-0.05, 0) is 48.8 Å². The van der Waals surface area contributed by atoms with Gasteiger partial charge in [0.15, 0.2) is 6.61 Å². The number of fused-ring (bicyclic) bond motifs is 1. The van der Waals surface area contributed by atoms with Gasteiger partial charge in [-0.2, -0.15) is 0 Å². The molecule has 2 saturated carbocycles. The zero-order valence-electron chi connectivity index (χ0n) is 16.6. The summed E-state index contributed by atoms with van der Waals surface area (Å²) in [5.41, 5.74) is 8.28. The standard InChI is InChI=1S/C22H26N2O5/c1-28-17(25)12-29-16-7-4-10-24-15(11-13-5-2-3-6-13)18(14-8-9-14)19(20(16)24)21(26)22(23)27/h4,7,10,13-14H,2-3,5-6,8-9,11-12H2,1H3,(H2,23,27). The molecule has 2 heterocycles. The van der Waals surface area contributed by atoms with E-state index in [0.717, 1.165) is 30.5 Å². The lowest BCUT2D eigenvalue weighted by atomic mass is 9.94. The molecule has 2 fully saturated rings. The number of aromatic nitrogens is 1. The first-order valence-corrected chi connectivity index (χ1v) is 10.2. The number of carbonyl (C=O) groups excluding carboxylic acids is 3. The van der Waals surface area contributed by atoms with Crippen LogP contribution in [0, 0.1) is 5.92 Å². The van der Waals surface area contributed by atoms with E-state index in [1.807, 2.05) is 16.7 Å². The molecule has 2 N–H and O–H groups in total. The Bertz CT molecular complexity index is 967. The van der Waals surface area contributed by atoms with E-state index in [9.17, 15) is 14.4 Å². The molecule has 7 heteroatoms. The molecule has 0 atom stereocenters. The summed E-state index contributed by atoms with van der Waals surface area (Å²) in [5, 5.41) is 0. The van der Waals surface area contributed by atoms with Gasteiger partial charge in [0.25, 0.3) is 11.7 Å². The predicted octanol–water partition coefficient (Wildman–Crippen LogP) is 2.77. The fourth-order valence-corrected chi connectivity index (χ4v) is 4.53. The second-order valence-electron chi connectivity index (χ2n) is 8.01. The van der Waals surface area contributed by atoms with Crippen LogP contribution < -0.4 is 10.5 Å². The van der Waals surface area contributed by atoms with Crippen molar-refractivity contribution in [2.24, 2.45) is 11.7 Å². The predicted molar refractivity (Wildman–Crippen MR) is 106 cm³/mol. The Balaban J connectivity index is 1.88. The Morgan fingerprint density at radius 2 is 1.90 bits per heavy atom. The van der Waals surface area contributed by atoms with E-state index >= 15 is 0 Å². The first-order chi connectivity index (χ1) is 14.0. The van der Waals surface area contributed by atoms with Gasteiger partial charge in [0.1, 0.15) is 5.75 Å². The van der Waals surface area contributed by atoms with Gasteiger partial charge in [0.2, 0.25) is 0 Å². The number of hydrogen-bond donors (Lipinski definition) is 1. The SMILES string of the molecule is COC(=O)COc1cccn2c(CC3CCCC3)c(C3CC3)c(C(=O)C(N)=O)c12. The first-order valence-electron chi connectivity index (χ1n) is 10.2. The van der Waals surface area contributed by atoms with Crippen LogP contribution in [0.1, 0.15) is 66.1 Å². The highest BCUT2D eigenvalue weighted by Crippen LogP contribution is 2.48. The van der Waals surface area contributed by atoms with Crippen molar-refractivity contribution in [3.8, 4) is 5.75 Å². The van der Waals surface area contributed by atoms with Gasteiger partial charge in [-0.1, -0.05) is 25.7 Å². The number of methoxy groups -OCH3 is 1. The van der Waals surface area contributed by atoms with Gasteiger partial charge in [-0.25, -0.2) is 4.79 Å². The van der Waals surface area contributed by atoms with Crippen molar-refractivity contribution in [1.29, 1.82) is 0 Å². The second kappa shape index (κ2) is 7.89. The van der Waals surface area contributed by atoms with Crippen molar-refractivity contribution < 1.29 is 23.9 Å². The zero-order chi connectivity index (χ0) is 20.5. The van der Waals surface area contributed by atoms with E-state index in [4.69, 9.17) is 10.5 Å². The fraction of sp³-hybridized carbons (Fsp3) is 0.500. The lowest BCUT2D eigenvalue weighted by Gasteiger charge is -2.12. The Morgan fingerprint density at radius 1 is 1.17 bits per heavy atom. The smallest absolute Gasteiger partial charge is 0.343 e. The summed E-state index contributed by atoms with van der Waals surface area (Å²) in [7, 11) is 1.29. The van der Waals surface area contributed by atoms with E-state index in [1.54, 1.807) is 6.07 Å². The highest BCUT2D eigenvalue weighted by Gasteiger charge is 2.37. The number of hydrogen-bond acceptors (Lipinski definition) is 5. The van der Waals surface area contributed by atoms with E-state index in [1.165, 1.54) is 32.8 Å². The highest BCUT2D eigenvalue weighted by atomic mass is 16.6. The average molecular weight is 398 g/mol. The van der Waals surface area contributed by atoms with E-state index in [0.29, 0.717) is 22.7 Å². The number of rotatable bonds is 8. The van der Waals surface area contributed by atoms with Gasteiger partial charge in [0.05, 0.1) is 18.2 Å². The molecule has 2 aliphatic carbocycles. The summed E-state index contributed by atoms with van der Waals surface area (Å²) in [6, 6.07) is 3.53. The van der Waals surface area contributed by atoms with E-state index in [2.05, 4.69) is 4.74 Å². The molecule has 0 bridgehead atoms. The van der Waals surface area contributed by atoms with Crippen molar-refractivity contribution in [1.82, 2.24) is 4.40 Å². The van der Waals surface area contributed by atoms with Crippen molar-refractivity contribution in [3.63, 3.8) is 0 Å². The quantitative estimate of drug-likeness (QED) is 0.419. The molecule has 4 rings (SSSR count). The minimum absolute atomic E-state index is 0.262. The number of amides is 1. The maximum absolute atomic E-state index is 12.9. The molecule has 0 radical (unpaired) electrons. The number of primary amides is 1. The number of nitrogens with two attached hydrogens (primary N) is 1. The monoisotopic (exact) mass is 398 g/mol. The van der Waals surface area contributed by atoms with Gasteiger partial charge in [0, 0.05) is 11.9 Å². The molecule has 2 aliphatic rings. The van der Waals surface area contributed by atoms with Crippen LogP contribution in [-0.4, -0.2) is 35.8 Å². The van der Waals surface area contributed by atoms with E-state index in [-0.39, 0.29) is 12.5 Å². The van der Waals surface area contributed by atoms with Crippen LogP contribution in [0.15, 0.2) is 18.3 Å². The molecule has 0 spiro atoms. The zero-order valence-corrected chi connectivity index (χ0v) is 16.6. The number of nitrogens with zero attached hydrogens (tertiary/aromatic N) is 1. The third-order valence-electron chi connectivity index (χ3n) is 6.03. The van der Waals surface area contributed by atoms with Crippen LogP contribution in [0.25, 0.3) is 5.52 Å². The van der Waals surface area contributed by atoms with Gasteiger partial charge < -0.3 is 19.6 Å². The van der Waals surface area contributed by atoms with Crippen molar-refractivity contribution in [2.45, 2.75) is 50.9 Å². The minimum Gasteiger partial charge on any atom is -0.480 e. The van der Waals surface area contributed by atoms with E-state index < -0.39 is 17.7 Å².